The lowest BCUT2D eigenvalue weighted by molar-refractivity contribution is -0.140. The molecular weight excluding hydrogens is 354 g/mol. The SMILES string of the molecule is COc1cc2c(cc1OC)[C@@H](C(=O)O)[C@@H](c1ccc(O)c(O)c1)N(C)C2=O. The lowest BCUT2D eigenvalue weighted by atomic mass is 9.79. The van der Waals surface area contributed by atoms with Crippen LogP contribution in [0.2, 0.25) is 0 Å². The highest BCUT2D eigenvalue weighted by Crippen LogP contribution is 2.46. The molecule has 2 aromatic rings. The average molecular weight is 373 g/mol. The van der Waals surface area contributed by atoms with Crippen molar-refractivity contribution in [3.05, 3.63) is 47.0 Å². The monoisotopic (exact) mass is 373 g/mol. The number of benzene rings is 2. The third-order valence-electron chi connectivity index (χ3n) is 4.78. The Morgan fingerprint density at radius 3 is 2.22 bits per heavy atom. The number of methoxy groups -OCH3 is 2. The number of carbonyl (C=O) groups is 2. The molecule has 1 amide bonds. The molecular formula is C19H19NO7. The molecule has 1 aliphatic rings. The molecule has 2 atom stereocenters. The fraction of sp³-hybridized carbons (Fsp3) is 0.263. The number of carbonyl (C=O) groups excluding carboxylic acids is 1. The number of amides is 1. The Hall–Kier alpha value is -3.42. The summed E-state index contributed by atoms with van der Waals surface area (Å²) in [6.07, 6.45) is 0. The van der Waals surface area contributed by atoms with E-state index in [4.69, 9.17) is 9.47 Å². The van der Waals surface area contributed by atoms with Gasteiger partial charge >= 0.3 is 5.97 Å². The van der Waals surface area contributed by atoms with Crippen LogP contribution in [0.3, 0.4) is 0 Å². The summed E-state index contributed by atoms with van der Waals surface area (Å²) < 4.78 is 10.5. The van der Waals surface area contributed by atoms with E-state index >= 15 is 0 Å². The maximum Gasteiger partial charge on any atom is 0.313 e. The molecule has 2 aromatic carbocycles. The number of carboxylic acid groups (broad SMARTS) is 1. The van der Waals surface area contributed by atoms with Gasteiger partial charge in [-0.2, -0.15) is 0 Å². The van der Waals surface area contributed by atoms with Gasteiger partial charge in [-0.1, -0.05) is 6.07 Å². The van der Waals surface area contributed by atoms with Crippen molar-refractivity contribution >= 4 is 11.9 Å². The predicted octanol–water partition coefficient (Wildman–Crippen LogP) is 2.11. The highest BCUT2D eigenvalue weighted by Gasteiger charge is 2.43. The number of ether oxygens (including phenoxy) is 2. The van der Waals surface area contributed by atoms with Crippen molar-refractivity contribution in [3.63, 3.8) is 0 Å². The smallest absolute Gasteiger partial charge is 0.313 e. The van der Waals surface area contributed by atoms with Crippen LogP contribution in [0.5, 0.6) is 23.0 Å². The zero-order valence-corrected chi connectivity index (χ0v) is 15.0. The summed E-state index contributed by atoms with van der Waals surface area (Å²) in [4.78, 5) is 26.4. The van der Waals surface area contributed by atoms with Crippen molar-refractivity contribution < 1.29 is 34.4 Å². The van der Waals surface area contributed by atoms with E-state index in [1.165, 1.54) is 56.5 Å². The maximum absolute atomic E-state index is 12.9. The zero-order valence-electron chi connectivity index (χ0n) is 15.0. The van der Waals surface area contributed by atoms with Crippen LogP contribution in [0, 0.1) is 0 Å². The van der Waals surface area contributed by atoms with Crippen LogP contribution in [0.25, 0.3) is 0 Å². The Labute approximate surface area is 155 Å². The van der Waals surface area contributed by atoms with Crippen LogP contribution in [0.15, 0.2) is 30.3 Å². The normalized spacial score (nSPS) is 18.8. The Morgan fingerprint density at radius 2 is 1.67 bits per heavy atom. The fourth-order valence-electron chi connectivity index (χ4n) is 3.46. The van der Waals surface area contributed by atoms with E-state index in [0.717, 1.165) is 0 Å². The number of rotatable bonds is 4. The number of aromatic hydroxyl groups is 2. The van der Waals surface area contributed by atoms with Gasteiger partial charge in [0.2, 0.25) is 0 Å². The van der Waals surface area contributed by atoms with Gasteiger partial charge in [0.25, 0.3) is 5.91 Å². The van der Waals surface area contributed by atoms with Crippen molar-refractivity contribution in [2.24, 2.45) is 0 Å². The quantitative estimate of drug-likeness (QED) is 0.703. The molecule has 27 heavy (non-hydrogen) atoms. The highest BCUT2D eigenvalue weighted by atomic mass is 16.5. The van der Waals surface area contributed by atoms with E-state index in [0.29, 0.717) is 22.6 Å². The van der Waals surface area contributed by atoms with Crippen molar-refractivity contribution in [1.82, 2.24) is 4.90 Å². The topological polar surface area (TPSA) is 117 Å². The minimum Gasteiger partial charge on any atom is -0.504 e. The number of nitrogens with zero attached hydrogens (tertiary/aromatic N) is 1. The van der Waals surface area contributed by atoms with E-state index in [1.807, 2.05) is 0 Å². The maximum atomic E-state index is 12.9. The molecule has 0 aromatic heterocycles. The van der Waals surface area contributed by atoms with Crippen LogP contribution < -0.4 is 9.47 Å². The Kier molecular flexibility index (Phi) is 4.57. The fourth-order valence-corrected chi connectivity index (χ4v) is 3.46. The second-order valence-corrected chi connectivity index (χ2v) is 6.22. The molecule has 0 unspecified atom stereocenters. The van der Waals surface area contributed by atoms with Crippen molar-refractivity contribution in [3.8, 4) is 23.0 Å². The molecule has 0 fully saturated rings. The average Bonchev–Trinajstić information content (AvgIpc) is 2.65. The summed E-state index contributed by atoms with van der Waals surface area (Å²) in [6, 6.07) is 6.06. The molecule has 1 heterocycles. The molecule has 1 aliphatic heterocycles. The Morgan fingerprint density at radius 1 is 1.04 bits per heavy atom. The third-order valence-corrected chi connectivity index (χ3v) is 4.78. The summed E-state index contributed by atoms with van der Waals surface area (Å²) in [5.74, 6) is -2.72. The number of carboxylic acids is 1. The summed E-state index contributed by atoms with van der Waals surface area (Å²) in [7, 11) is 4.34. The van der Waals surface area contributed by atoms with Crippen molar-refractivity contribution in [1.29, 1.82) is 0 Å². The van der Waals surface area contributed by atoms with Gasteiger partial charge < -0.3 is 29.7 Å². The van der Waals surface area contributed by atoms with E-state index in [9.17, 15) is 24.9 Å². The first kappa shape index (κ1) is 18.4. The van der Waals surface area contributed by atoms with Gasteiger partial charge in [-0.15, -0.1) is 0 Å². The van der Waals surface area contributed by atoms with Crippen LogP contribution in [0.4, 0.5) is 0 Å². The summed E-state index contributed by atoms with van der Waals surface area (Å²) in [5, 5.41) is 29.3. The van der Waals surface area contributed by atoms with Crippen molar-refractivity contribution in [2.75, 3.05) is 21.3 Å². The summed E-state index contributed by atoms with van der Waals surface area (Å²) in [6.45, 7) is 0. The molecule has 8 heteroatoms. The van der Waals surface area contributed by atoms with Gasteiger partial charge in [0.15, 0.2) is 23.0 Å². The molecule has 142 valence electrons. The lowest BCUT2D eigenvalue weighted by Crippen LogP contribution is -2.42. The number of hydrogen-bond donors (Lipinski definition) is 3. The van der Waals surface area contributed by atoms with Gasteiger partial charge in [0.1, 0.15) is 5.92 Å². The highest BCUT2D eigenvalue weighted by molar-refractivity contribution is 6.01. The number of hydrogen-bond acceptors (Lipinski definition) is 6. The molecule has 3 rings (SSSR count). The second kappa shape index (κ2) is 6.71. The number of aliphatic carboxylic acids is 1. The van der Waals surface area contributed by atoms with Crippen LogP contribution in [-0.2, 0) is 4.79 Å². The Balaban J connectivity index is 2.24. The molecule has 0 saturated heterocycles. The Bertz CT molecular complexity index is 925. The number of fused-ring (bicyclic) bond motifs is 1. The minimum atomic E-state index is -1.14. The van der Waals surface area contributed by atoms with Gasteiger partial charge in [-0.25, -0.2) is 0 Å². The largest absolute Gasteiger partial charge is 0.504 e. The van der Waals surface area contributed by atoms with E-state index in [-0.39, 0.29) is 17.2 Å². The first-order chi connectivity index (χ1) is 12.8. The van der Waals surface area contributed by atoms with E-state index in [1.54, 1.807) is 0 Å². The molecule has 0 spiro atoms. The van der Waals surface area contributed by atoms with E-state index < -0.39 is 23.7 Å². The molecule has 0 saturated carbocycles. The van der Waals surface area contributed by atoms with Gasteiger partial charge in [-0.3, -0.25) is 9.59 Å². The number of phenolic OH excluding ortho intramolecular Hbond substituents is 2. The van der Waals surface area contributed by atoms with Crippen molar-refractivity contribution in [2.45, 2.75) is 12.0 Å². The number of likely N-dealkylation sites (N-methyl/N-ethyl adjacent to an activating group) is 1. The van der Waals surface area contributed by atoms with Gasteiger partial charge in [0, 0.05) is 12.6 Å². The second-order valence-electron chi connectivity index (χ2n) is 6.22. The number of phenols is 2. The first-order valence-corrected chi connectivity index (χ1v) is 8.07. The molecule has 0 bridgehead atoms. The van der Waals surface area contributed by atoms with Gasteiger partial charge in [-0.05, 0) is 35.4 Å². The standard InChI is InChI=1S/C19H19NO7/c1-20-17(9-4-5-12(21)13(22)6-9)16(19(24)25)10-7-14(26-2)15(27-3)8-11(10)18(20)23/h4-8,16-17,21-22H,1-3H3,(H,24,25)/t16-,17-/m1/s1. The predicted molar refractivity (Wildman–Crippen MR) is 94.5 cm³/mol. The molecule has 0 aliphatic carbocycles. The van der Waals surface area contributed by atoms with Crippen LogP contribution >= 0.6 is 0 Å². The van der Waals surface area contributed by atoms with Crippen LogP contribution in [-0.4, -0.2) is 53.4 Å². The summed E-state index contributed by atoms with van der Waals surface area (Å²) in [5.41, 5.74) is 0.886. The third kappa shape index (κ3) is 2.88. The lowest BCUT2D eigenvalue weighted by Gasteiger charge is -2.39. The molecule has 3 N–H and O–H groups in total. The van der Waals surface area contributed by atoms with E-state index in [2.05, 4.69) is 0 Å². The summed E-state index contributed by atoms with van der Waals surface area (Å²) >= 11 is 0. The zero-order chi connectivity index (χ0) is 19.9. The molecule has 0 radical (unpaired) electrons. The minimum absolute atomic E-state index is 0.210. The van der Waals surface area contributed by atoms with Gasteiger partial charge in [0.05, 0.1) is 20.3 Å². The first-order valence-electron chi connectivity index (χ1n) is 8.07. The van der Waals surface area contributed by atoms with Crippen LogP contribution in [0.1, 0.15) is 33.4 Å². The molecule has 8 nitrogen and oxygen atoms in total.